The van der Waals surface area contributed by atoms with Crippen molar-refractivity contribution >= 4 is 49.4 Å². The normalized spacial score (nSPS) is 14.6. The van der Waals surface area contributed by atoms with Gasteiger partial charge in [-0.1, -0.05) is 182 Å². The largest absolute Gasteiger partial charge is 0.309 e. The summed E-state index contributed by atoms with van der Waals surface area (Å²) in [5.74, 6) is 0. The van der Waals surface area contributed by atoms with Gasteiger partial charge in [-0.2, -0.15) is 0 Å². The van der Waals surface area contributed by atoms with Crippen LogP contribution in [0.1, 0.15) is 76.3 Å². The molecule has 0 unspecified atom stereocenters. The lowest BCUT2D eigenvalue weighted by atomic mass is 9.81. The third-order valence-corrected chi connectivity index (χ3v) is 13.8. The van der Waals surface area contributed by atoms with Gasteiger partial charge < -0.3 is 4.90 Å². The highest BCUT2D eigenvalue weighted by Gasteiger charge is 2.39. The first-order valence-electron chi connectivity index (χ1n) is 21.2. The number of anilines is 3. The maximum atomic E-state index is 2.58. The Kier molecular flexibility index (Phi) is 7.58. The van der Waals surface area contributed by atoms with Crippen molar-refractivity contribution in [3.05, 3.63) is 198 Å². The highest BCUT2D eigenvalue weighted by atomic mass is 15.1. The molecule has 0 atom stereocenters. The minimum Gasteiger partial charge on any atom is -0.309 e. The second kappa shape index (κ2) is 12.5. The standard InChI is InChI=1S/C58H49N/c1-56(2,3)47-30-32-52(42-22-13-12-21-41(42)47)59(39-28-29-49-46(35-39)45-33-37-18-8-9-19-38(37)34-51(45)58(49,6)7)53-31-27-36-17-10-11-20-40(36)55(53)44-24-16-26-50-54(44)43-23-14-15-25-48(43)57(50,4)5/h8-35H,1-7H3. The van der Waals surface area contributed by atoms with Gasteiger partial charge in [-0.3, -0.25) is 0 Å². The van der Waals surface area contributed by atoms with Crippen molar-refractivity contribution in [2.45, 2.75) is 64.7 Å². The van der Waals surface area contributed by atoms with Crippen LogP contribution in [0.4, 0.5) is 17.1 Å². The first kappa shape index (κ1) is 35.7. The molecule has 286 valence electrons. The Morgan fingerprint density at radius 1 is 0.373 bits per heavy atom. The van der Waals surface area contributed by atoms with Gasteiger partial charge in [-0.25, -0.2) is 0 Å². The molecule has 0 bridgehead atoms. The second-order valence-electron chi connectivity index (χ2n) is 18.9. The molecule has 0 spiro atoms. The van der Waals surface area contributed by atoms with E-state index in [4.69, 9.17) is 0 Å². The van der Waals surface area contributed by atoms with Crippen LogP contribution in [0.5, 0.6) is 0 Å². The van der Waals surface area contributed by atoms with Crippen molar-refractivity contribution in [3.8, 4) is 33.4 Å². The van der Waals surface area contributed by atoms with E-state index in [-0.39, 0.29) is 16.2 Å². The Bertz CT molecular complexity index is 3210. The molecular weight excluding hydrogens is 711 g/mol. The molecule has 0 radical (unpaired) electrons. The van der Waals surface area contributed by atoms with E-state index in [0.29, 0.717) is 0 Å². The van der Waals surface area contributed by atoms with Gasteiger partial charge >= 0.3 is 0 Å². The lowest BCUT2D eigenvalue weighted by Crippen LogP contribution is -2.17. The van der Waals surface area contributed by atoms with Crippen molar-refractivity contribution in [2.75, 3.05) is 4.90 Å². The third-order valence-electron chi connectivity index (χ3n) is 13.8. The lowest BCUT2D eigenvalue weighted by molar-refractivity contribution is 0.596. The van der Waals surface area contributed by atoms with E-state index in [1.54, 1.807) is 0 Å². The van der Waals surface area contributed by atoms with Gasteiger partial charge in [-0.15, -0.1) is 0 Å². The zero-order valence-electron chi connectivity index (χ0n) is 35.1. The quantitative estimate of drug-likeness (QED) is 0.173. The average Bonchev–Trinajstić information content (AvgIpc) is 3.61. The monoisotopic (exact) mass is 759 g/mol. The molecule has 0 N–H and O–H groups in total. The summed E-state index contributed by atoms with van der Waals surface area (Å²) in [6.45, 7) is 16.5. The Hall–Kier alpha value is -6.44. The van der Waals surface area contributed by atoms with Crippen LogP contribution in [-0.2, 0) is 16.2 Å². The lowest BCUT2D eigenvalue weighted by Gasteiger charge is -2.32. The summed E-state index contributed by atoms with van der Waals surface area (Å²) in [5, 5.41) is 7.59. The molecule has 0 saturated carbocycles. The van der Waals surface area contributed by atoms with E-state index in [9.17, 15) is 0 Å². The van der Waals surface area contributed by atoms with Crippen LogP contribution in [0.3, 0.4) is 0 Å². The first-order valence-corrected chi connectivity index (χ1v) is 21.2. The average molecular weight is 760 g/mol. The van der Waals surface area contributed by atoms with Gasteiger partial charge in [-0.05, 0) is 124 Å². The van der Waals surface area contributed by atoms with E-state index < -0.39 is 0 Å². The molecular formula is C58H49N. The SMILES string of the molecule is CC(C)(C)c1ccc(N(c2ccc3c(c2)-c2cc4ccccc4cc2C3(C)C)c2ccc3ccccc3c2-c2cccc3c2-c2ccccc2C3(C)C)c2ccccc12. The summed E-state index contributed by atoms with van der Waals surface area (Å²) >= 11 is 0. The molecule has 0 aliphatic heterocycles. The predicted octanol–water partition coefficient (Wildman–Crippen LogP) is 16.2. The van der Waals surface area contributed by atoms with Crippen LogP contribution in [-0.4, -0.2) is 0 Å². The summed E-state index contributed by atoms with van der Waals surface area (Å²) in [7, 11) is 0. The van der Waals surface area contributed by atoms with Crippen LogP contribution in [0, 0.1) is 0 Å². The maximum Gasteiger partial charge on any atom is 0.0546 e. The molecule has 0 aromatic heterocycles. The van der Waals surface area contributed by atoms with Gasteiger partial charge in [0.15, 0.2) is 0 Å². The Morgan fingerprint density at radius 2 is 0.949 bits per heavy atom. The molecule has 0 amide bonds. The molecule has 2 aliphatic rings. The van der Waals surface area contributed by atoms with Crippen molar-refractivity contribution in [1.82, 2.24) is 0 Å². The molecule has 0 heterocycles. The molecule has 9 aromatic carbocycles. The number of fused-ring (bicyclic) bond motifs is 9. The smallest absolute Gasteiger partial charge is 0.0546 e. The Morgan fingerprint density at radius 3 is 1.73 bits per heavy atom. The summed E-state index contributed by atoms with van der Waals surface area (Å²) in [5.41, 5.74) is 18.0. The van der Waals surface area contributed by atoms with Crippen LogP contribution >= 0.6 is 0 Å². The predicted molar refractivity (Wildman–Crippen MR) is 253 cm³/mol. The number of hydrogen-bond acceptors (Lipinski definition) is 1. The molecule has 0 saturated heterocycles. The van der Waals surface area contributed by atoms with Gasteiger partial charge in [0, 0.05) is 27.5 Å². The zero-order chi connectivity index (χ0) is 40.4. The van der Waals surface area contributed by atoms with Crippen molar-refractivity contribution in [3.63, 3.8) is 0 Å². The summed E-state index contributed by atoms with van der Waals surface area (Å²) in [4.78, 5) is 2.58. The van der Waals surface area contributed by atoms with Crippen LogP contribution in [0.15, 0.2) is 170 Å². The zero-order valence-corrected chi connectivity index (χ0v) is 35.1. The fraction of sp³-hybridized carbons (Fsp3) is 0.172. The van der Waals surface area contributed by atoms with Crippen molar-refractivity contribution in [2.24, 2.45) is 0 Å². The summed E-state index contributed by atoms with van der Waals surface area (Å²) < 4.78 is 0. The molecule has 59 heavy (non-hydrogen) atoms. The van der Waals surface area contributed by atoms with Gasteiger partial charge in [0.1, 0.15) is 0 Å². The number of nitrogens with zero attached hydrogens (tertiary/aromatic N) is 1. The highest BCUT2D eigenvalue weighted by Crippen LogP contribution is 2.57. The van der Waals surface area contributed by atoms with E-state index in [1.807, 2.05) is 0 Å². The van der Waals surface area contributed by atoms with Crippen molar-refractivity contribution < 1.29 is 0 Å². The number of benzene rings is 9. The fourth-order valence-electron chi connectivity index (χ4n) is 10.8. The molecule has 1 nitrogen and oxygen atoms in total. The molecule has 1 heteroatoms. The van der Waals surface area contributed by atoms with Crippen LogP contribution in [0.25, 0.3) is 65.7 Å². The van der Waals surface area contributed by atoms with Crippen LogP contribution < -0.4 is 4.90 Å². The maximum absolute atomic E-state index is 2.58. The first-order chi connectivity index (χ1) is 28.4. The van der Waals surface area contributed by atoms with Gasteiger partial charge in [0.25, 0.3) is 0 Å². The molecule has 0 fully saturated rings. The number of rotatable bonds is 4. The Balaban J connectivity index is 1.25. The second-order valence-corrected chi connectivity index (χ2v) is 18.9. The van der Waals surface area contributed by atoms with E-state index in [2.05, 4.69) is 223 Å². The van der Waals surface area contributed by atoms with Gasteiger partial charge in [0.2, 0.25) is 0 Å². The van der Waals surface area contributed by atoms with E-state index in [0.717, 1.165) is 5.69 Å². The number of hydrogen-bond donors (Lipinski definition) is 0. The summed E-state index contributed by atoms with van der Waals surface area (Å²) in [6.07, 6.45) is 0. The topological polar surface area (TPSA) is 3.24 Å². The molecule has 2 aliphatic carbocycles. The van der Waals surface area contributed by atoms with Crippen molar-refractivity contribution in [1.29, 1.82) is 0 Å². The van der Waals surface area contributed by atoms with Gasteiger partial charge in [0.05, 0.1) is 11.4 Å². The third kappa shape index (κ3) is 5.17. The molecule has 11 rings (SSSR count). The van der Waals surface area contributed by atoms with E-state index in [1.165, 1.54) is 105 Å². The fourth-order valence-corrected chi connectivity index (χ4v) is 10.8. The highest BCUT2D eigenvalue weighted by molar-refractivity contribution is 6.12. The minimum atomic E-state index is -0.127. The Labute approximate surface area is 348 Å². The van der Waals surface area contributed by atoms with Crippen LogP contribution in [0.2, 0.25) is 0 Å². The van der Waals surface area contributed by atoms with E-state index >= 15 is 0 Å². The molecule has 9 aromatic rings. The minimum absolute atomic E-state index is 0.0203. The summed E-state index contributed by atoms with van der Waals surface area (Å²) in [6, 6.07) is 64.4.